The Balaban J connectivity index is 3.90. The highest BCUT2D eigenvalue weighted by molar-refractivity contribution is 4.71. The molecule has 0 amide bonds. The van der Waals surface area contributed by atoms with E-state index in [1.54, 1.807) is 0 Å². The molecule has 0 aromatic rings. The molecule has 0 spiro atoms. The minimum absolute atomic E-state index is 0.915. The Labute approximate surface area is 110 Å². The zero-order valence-electron chi connectivity index (χ0n) is 12.5. The molecule has 0 heteroatoms. The van der Waals surface area contributed by atoms with Gasteiger partial charge >= 0.3 is 0 Å². The lowest BCUT2D eigenvalue weighted by Gasteiger charge is -2.24. The van der Waals surface area contributed by atoms with E-state index in [-0.39, 0.29) is 0 Å². The molecule has 0 nitrogen and oxygen atoms in total. The van der Waals surface area contributed by atoms with Crippen molar-refractivity contribution in [3.63, 3.8) is 0 Å². The van der Waals surface area contributed by atoms with Crippen molar-refractivity contribution in [2.24, 2.45) is 11.8 Å². The van der Waals surface area contributed by atoms with Crippen molar-refractivity contribution < 1.29 is 0 Å². The minimum Gasteiger partial charge on any atom is -0.103 e. The summed E-state index contributed by atoms with van der Waals surface area (Å²) >= 11 is 0. The summed E-state index contributed by atoms with van der Waals surface area (Å²) in [5.74, 6) is 1.89. The van der Waals surface area contributed by atoms with Gasteiger partial charge in [-0.15, -0.1) is 6.58 Å². The predicted octanol–water partition coefficient (Wildman–Crippen LogP) is 6.37. The Morgan fingerprint density at radius 1 is 0.882 bits per heavy atom. The van der Waals surface area contributed by atoms with Crippen LogP contribution in [0.1, 0.15) is 85.0 Å². The first-order valence-electron chi connectivity index (χ1n) is 7.87. The van der Waals surface area contributed by atoms with Gasteiger partial charge in [-0.1, -0.05) is 78.2 Å². The third-order valence-electron chi connectivity index (χ3n) is 3.98. The maximum atomic E-state index is 3.81. The molecule has 0 aromatic carbocycles. The number of unbranched alkanes of at least 4 members (excludes halogenated alkanes) is 4. The summed E-state index contributed by atoms with van der Waals surface area (Å²) in [6, 6.07) is 0. The van der Waals surface area contributed by atoms with Gasteiger partial charge in [0.15, 0.2) is 0 Å². The molecule has 0 bridgehead atoms. The van der Waals surface area contributed by atoms with Crippen molar-refractivity contribution in [1.29, 1.82) is 0 Å². The van der Waals surface area contributed by atoms with Crippen LogP contribution in [0.4, 0.5) is 0 Å². The van der Waals surface area contributed by atoms with E-state index < -0.39 is 0 Å². The Bertz CT molecular complexity index is 159. The minimum atomic E-state index is 0.915. The van der Waals surface area contributed by atoms with Crippen molar-refractivity contribution in [1.82, 2.24) is 0 Å². The molecule has 0 heterocycles. The van der Waals surface area contributed by atoms with Crippen molar-refractivity contribution in [2.45, 2.75) is 85.0 Å². The van der Waals surface area contributed by atoms with Gasteiger partial charge < -0.3 is 0 Å². The van der Waals surface area contributed by atoms with Crippen molar-refractivity contribution in [3.05, 3.63) is 12.7 Å². The summed E-state index contributed by atoms with van der Waals surface area (Å²) in [7, 11) is 0. The Hall–Kier alpha value is -0.260. The summed E-state index contributed by atoms with van der Waals surface area (Å²) in [5.41, 5.74) is 0. The molecule has 0 rings (SSSR count). The molecule has 102 valence electrons. The van der Waals surface area contributed by atoms with E-state index in [4.69, 9.17) is 0 Å². The van der Waals surface area contributed by atoms with Crippen molar-refractivity contribution in [2.75, 3.05) is 0 Å². The average molecular weight is 238 g/mol. The van der Waals surface area contributed by atoms with Gasteiger partial charge in [-0.05, 0) is 24.7 Å². The second kappa shape index (κ2) is 12.2. The molecule has 0 fully saturated rings. The number of allylic oxidation sites excluding steroid dienone is 1. The highest BCUT2D eigenvalue weighted by Crippen LogP contribution is 2.28. The predicted molar refractivity (Wildman–Crippen MR) is 80.4 cm³/mol. The lowest BCUT2D eigenvalue weighted by Crippen LogP contribution is -2.12. The number of hydrogen-bond donors (Lipinski definition) is 0. The smallest absolute Gasteiger partial charge is 0.0353 e. The molecule has 0 aliphatic rings. The first-order valence-corrected chi connectivity index (χ1v) is 7.87. The molecule has 0 N–H and O–H groups in total. The van der Waals surface area contributed by atoms with Crippen LogP contribution in [0.25, 0.3) is 0 Å². The molecule has 2 unspecified atom stereocenters. The lowest BCUT2D eigenvalue weighted by molar-refractivity contribution is 0.280. The van der Waals surface area contributed by atoms with Crippen molar-refractivity contribution >= 4 is 0 Å². The van der Waals surface area contributed by atoms with Gasteiger partial charge in [0, 0.05) is 0 Å². The molecular weight excluding hydrogens is 204 g/mol. The molecule has 0 saturated heterocycles. The van der Waals surface area contributed by atoms with E-state index in [2.05, 4.69) is 33.4 Å². The fourth-order valence-corrected chi connectivity index (χ4v) is 2.66. The van der Waals surface area contributed by atoms with Crippen LogP contribution in [-0.4, -0.2) is 0 Å². The fourth-order valence-electron chi connectivity index (χ4n) is 2.66. The maximum absolute atomic E-state index is 3.81. The first kappa shape index (κ1) is 16.7. The van der Waals surface area contributed by atoms with Crippen LogP contribution >= 0.6 is 0 Å². The van der Waals surface area contributed by atoms with E-state index in [1.807, 2.05) is 0 Å². The van der Waals surface area contributed by atoms with Crippen LogP contribution in [0.15, 0.2) is 12.7 Å². The van der Waals surface area contributed by atoms with Crippen LogP contribution in [0, 0.1) is 11.8 Å². The van der Waals surface area contributed by atoms with E-state index in [0.29, 0.717) is 0 Å². The largest absolute Gasteiger partial charge is 0.103 e. The van der Waals surface area contributed by atoms with E-state index in [1.165, 1.54) is 64.2 Å². The highest BCUT2D eigenvalue weighted by Gasteiger charge is 2.15. The molecular formula is C17H34. The Kier molecular flexibility index (Phi) is 12.0. The summed E-state index contributed by atoms with van der Waals surface area (Å²) in [6.45, 7) is 10.9. The normalized spacial score (nSPS) is 14.5. The highest BCUT2D eigenvalue weighted by atomic mass is 14.2. The van der Waals surface area contributed by atoms with Gasteiger partial charge in [0.25, 0.3) is 0 Å². The number of rotatable bonds is 12. The molecule has 0 aliphatic carbocycles. The fraction of sp³-hybridized carbons (Fsp3) is 0.882. The third kappa shape index (κ3) is 9.44. The van der Waals surface area contributed by atoms with E-state index in [9.17, 15) is 0 Å². The topological polar surface area (TPSA) is 0 Å². The molecule has 0 aliphatic heterocycles. The van der Waals surface area contributed by atoms with E-state index >= 15 is 0 Å². The van der Waals surface area contributed by atoms with Crippen LogP contribution < -0.4 is 0 Å². The average Bonchev–Trinajstić information content (AvgIpc) is 2.33. The first-order chi connectivity index (χ1) is 8.26. The molecule has 0 radical (unpaired) electrons. The Morgan fingerprint density at radius 3 is 2.12 bits per heavy atom. The lowest BCUT2D eigenvalue weighted by atomic mass is 9.82. The molecule has 0 saturated carbocycles. The second-order valence-corrected chi connectivity index (χ2v) is 5.59. The summed E-state index contributed by atoms with van der Waals surface area (Å²) in [6.07, 6.45) is 15.9. The van der Waals surface area contributed by atoms with Gasteiger partial charge in [0.2, 0.25) is 0 Å². The van der Waals surface area contributed by atoms with Gasteiger partial charge in [0.05, 0.1) is 0 Å². The van der Waals surface area contributed by atoms with Gasteiger partial charge in [0.1, 0.15) is 0 Å². The quantitative estimate of drug-likeness (QED) is 0.274. The van der Waals surface area contributed by atoms with Gasteiger partial charge in [-0.3, -0.25) is 0 Å². The zero-order chi connectivity index (χ0) is 12.9. The van der Waals surface area contributed by atoms with Gasteiger partial charge in [-0.2, -0.15) is 0 Å². The summed E-state index contributed by atoms with van der Waals surface area (Å²) in [4.78, 5) is 0. The van der Waals surface area contributed by atoms with Gasteiger partial charge in [-0.25, -0.2) is 0 Å². The van der Waals surface area contributed by atoms with Crippen LogP contribution in [-0.2, 0) is 0 Å². The maximum Gasteiger partial charge on any atom is -0.0353 e. The molecule has 2 atom stereocenters. The summed E-state index contributed by atoms with van der Waals surface area (Å²) in [5, 5.41) is 0. The monoisotopic (exact) mass is 238 g/mol. The van der Waals surface area contributed by atoms with E-state index in [0.717, 1.165) is 11.8 Å². The third-order valence-corrected chi connectivity index (χ3v) is 3.98. The second-order valence-electron chi connectivity index (χ2n) is 5.59. The number of hydrogen-bond acceptors (Lipinski definition) is 0. The molecule has 17 heavy (non-hydrogen) atoms. The van der Waals surface area contributed by atoms with Crippen LogP contribution in [0.2, 0.25) is 0 Å². The SMILES string of the molecule is C=CCCCC(C)C(CCCC)CCCCC. The Morgan fingerprint density at radius 2 is 1.53 bits per heavy atom. The zero-order valence-corrected chi connectivity index (χ0v) is 12.5. The molecule has 0 aromatic heterocycles. The van der Waals surface area contributed by atoms with Crippen molar-refractivity contribution in [3.8, 4) is 0 Å². The van der Waals surface area contributed by atoms with Crippen LogP contribution in [0.3, 0.4) is 0 Å². The standard InChI is InChI=1S/C17H34/c1-5-8-11-13-16(4)17(14-10-7-3)15-12-9-6-2/h5,16-17H,1,6-15H2,2-4H3. The summed E-state index contributed by atoms with van der Waals surface area (Å²) < 4.78 is 0. The van der Waals surface area contributed by atoms with Crippen LogP contribution in [0.5, 0.6) is 0 Å².